The largest absolute Gasteiger partial charge is 0.488 e. The lowest BCUT2D eigenvalue weighted by Crippen LogP contribution is -2.30. The molecule has 2 unspecified atom stereocenters. The maximum atomic E-state index is 13.3. The molecule has 4 aromatic carbocycles. The van der Waals surface area contributed by atoms with Gasteiger partial charge in [0.15, 0.2) is 5.78 Å². The first-order chi connectivity index (χ1) is 21.4. The number of carbonyl (C=O) groups excluding carboxylic acids is 1. The van der Waals surface area contributed by atoms with E-state index in [4.69, 9.17) is 9.47 Å². The summed E-state index contributed by atoms with van der Waals surface area (Å²) < 4.78 is 13.3. The molecule has 228 valence electrons. The molecule has 45 heavy (non-hydrogen) atoms. The Morgan fingerprint density at radius 3 is 1.78 bits per heavy atom. The second-order valence-corrected chi connectivity index (χ2v) is 14.0. The quantitative estimate of drug-likeness (QED) is 0.200. The molecule has 0 aromatic heterocycles. The Labute approximate surface area is 267 Å². The van der Waals surface area contributed by atoms with Crippen molar-refractivity contribution in [3.05, 3.63) is 160 Å². The first kappa shape index (κ1) is 30.4. The molecular weight excluding hydrogens is 552 g/mol. The van der Waals surface area contributed by atoms with Gasteiger partial charge in [0.25, 0.3) is 0 Å². The molecule has 3 heteroatoms. The highest BCUT2D eigenvalue weighted by atomic mass is 16.5. The zero-order valence-corrected chi connectivity index (χ0v) is 27.4. The van der Waals surface area contributed by atoms with Gasteiger partial charge in [-0.25, -0.2) is 0 Å². The van der Waals surface area contributed by atoms with Crippen LogP contribution >= 0.6 is 0 Å². The monoisotopic (exact) mass is 594 g/mol. The van der Waals surface area contributed by atoms with E-state index in [2.05, 4.69) is 91.5 Å². The molecule has 3 aliphatic rings. The second-order valence-electron chi connectivity index (χ2n) is 14.0. The minimum atomic E-state index is -0.368. The van der Waals surface area contributed by atoms with E-state index < -0.39 is 0 Å². The molecule has 0 heterocycles. The fourth-order valence-electron chi connectivity index (χ4n) is 6.72. The third kappa shape index (κ3) is 5.57. The van der Waals surface area contributed by atoms with Crippen molar-refractivity contribution >= 4 is 5.78 Å². The van der Waals surface area contributed by atoms with E-state index in [0.717, 1.165) is 22.6 Å². The maximum Gasteiger partial charge on any atom is 0.193 e. The van der Waals surface area contributed by atoms with E-state index in [0.29, 0.717) is 16.9 Å². The van der Waals surface area contributed by atoms with E-state index in [1.807, 2.05) is 66.7 Å². The molecule has 2 bridgehead atoms. The lowest BCUT2D eigenvalue weighted by molar-refractivity contribution is 0.103. The van der Waals surface area contributed by atoms with Gasteiger partial charge in [-0.15, -0.1) is 0 Å². The molecule has 0 radical (unpaired) electrons. The highest BCUT2D eigenvalue weighted by Crippen LogP contribution is 2.61. The normalized spacial score (nSPS) is 17.2. The number of carbonyl (C=O) groups is 1. The lowest BCUT2D eigenvalue weighted by atomic mass is 9.60. The summed E-state index contributed by atoms with van der Waals surface area (Å²) in [4.78, 5) is 13.3. The number of hydrogen-bond donors (Lipinski definition) is 0. The lowest BCUT2D eigenvalue weighted by Gasteiger charge is -2.44. The van der Waals surface area contributed by atoms with Crippen LogP contribution in [0.3, 0.4) is 0 Å². The van der Waals surface area contributed by atoms with Crippen LogP contribution in [-0.4, -0.2) is 11.4 Å². The zero-order valence-electron chi connectivity index (χ0n) is 27.4. The van der Waals surface area contributed by atoms with Crippen LogP contribution in [0.2, 0.25) is 0 Å². The van der Waals surface area contributed by atoms with Crippen molar-refractivity contribution in [3.63, 3.8) is 0 Å². The predicted molar refractivity (Wildman–Crippen MR) is 184 cm³/mol. The van der Waals surface area contributed by atoms with Crippen LogP contribution in [0.15, 0.2) is 121 Å². The number of rotatable bonds is 7. The molecule has 0 amide bonds. The Bertz CT molecular complexity index is 1840. The summed E-state index contributed by atoms with van der Waals surface area (Å²) in [6.45, 7) is 19.1. The van der Waals surface area contributed by atoms with Gasteiger partial charge in [0, 0.05) is 34.1 Å². The molecule has 0 saturated carbocycles. The molecular formula is C42H42O3. The number of allylic oxidation sites excluding steroid dienone is 5. The van der Waals surface area contributed by atoms with Crippen molar-refractivity contribution in [2.45, 2.75) is 71.3 Å². The van der Waals surface area contributed by atoms with Gasteiger partial charge in [-0.05, 0) is 97.3 Å². The third-order valence-corrected chi connectivity index (χ3v) is 8.70. The summed E-state index contributed by atoms with van der Waals surface area (Å²) in [7, 11) is 0. The van der Waals surface area contributed by atoms with Crippen LogP contribution < -0.4 is 9.47 Å². The van der Waals surface area contributed by atoms with E-state index in [9.17, 15) is 4.79 Å². The van der Waals surface area contributed by atoms with Gasteiger partial charge < -0.3 is 9.47 Å². The maximum absolute atomic E-state index is 13.3. The molecule has 0 saturated heterocycles. The zero-order chi connectivity index (χ0) is 32.1. The molecule has 7 rings (SSSR count). The van der Waals surface area contributed by atoms with Crippen molar-refractivity contribution < 1.29 is 14.3 Å². The molecule has 0 spiro atoms. The van der Waals surface area contributed by atoms with Crippen molar-refractivity contribution in [3.8, 4) is 17.2 Å². The topological polar surface area (TPSA) is 35.5 Å². The Balaban J connectivity index is 1.40. The SMILES string of the molecule is C=CC1=C(/C=C\C)C2c3ccccc3C1c1c(Oc3ccc(C(=O)c4ccc(C(C)(C)C)cc4)cc3)ccc(OC(C)(C)C)c12. The van der Waals surface area contributed by atoms with Gasteiger partial charge in [0.05, 0.1) is 0 Å². The van der Waals surface area contributed by atoms with E-state index >= 15 is 0 Å². The van der Waals surface area contributed by atoms with Crippen LogP contribution in [0.5, 0.6) is 17.2 Å². The van der Waals surface area contributed by atoms with E-state index in [1.165, 1.54) is 27.8 Å². The first-order valence-corrected chi connectivity index (χ1v) is 15.8. The number of hydrogen-bond acceptors (Lipinski definition) is 3. The van der Waals surface area contributed by atoms with Gasteiger partial charge in [-0.1, -0.05) is 94.1 Å². The third-order valence-electron chi connectivity index (χ3n) is 8.70. The minimum Gasteiger partial charge on any atom is -0.488 e. The van der Waals surface area contributed by atoms with Gasteiger partial charge >= 0.3 is 0 Å². The number of ketones is 1. The summed E-state index contributed by atoms with van der Waals surface area (Å²) in [5.41, 5.74) is 9.45. The van der Waals surface area contributed by atoms with Crippen molar-refractivity contribution in [1.29, 1.82) is 0 Å². The molecule has 3 nitrogen and oxygen atoms in total. The summed E-state index contributed by atoms with van der Waals surface area (Å²) >= 11 is 0. The van der Waals surface area contributed by atoms with Crippen LogP contribution in [-0.2, 0) is 5.41 Å². The summed E-state index contributed by atoms with van der Waals surface area (Å²) in [6.07, 6.45) is 6.32. The second kappa shape index (κ2) is 11.4. The predicted octanol–water partition coefficient (Wildman–Crippen LogP) is 10.8. The standard InChI is InChI=1S/C42H42O3/c1-9-13-31-30(10-2)36-32-14-11-12-15-33(32)37(31)39-35(45-42(6,7)8)25-24-34(38(36)39)44-29-22-18-27(19-23-29)40(43)26-16-20-28(21-17-26)41(3,4)5/h9-25,36-37H,2H2,1,3-8H3/b13-9-. The van der Waals surface area contributed by atoms with Gasteiger partial charge in [-0.3, -0.25) is 4.79 Å². The summed E-state index contributed by atoms with van der Waals surface area (Å²) in [5, 5.41) is 0. The molecule has 0 aliphatic heterocycles. The van der Waals surface area contributed by atoms with Crippen LogP contribution in [0.25, 0.3) is 0 Å². The van der Waals surface area contributed by atoms with Crippen molar-refractivity contribution in [2.75, 3.05) is 0 Å². The Hall–Kier alpha value is -4.63. The van der Waals surface area contributed by atoms with Crippen LogP contribution in [0.1, 0.15) is 104 Å². The van der Waals surface area contributed by atoms with Gasteiger partial charge in [0.2, 0.25) is 0 Å². The molecule has 0 N–H and O–H groups in total. The molecule has 3 aliphatic carbocycles. The summed E-state index contributed by atoms with van der Waals surface area (Å²) in [6, 6.07) is 28.1. The Kier molecular flexibility index (Phi) is 7.69. The fraction of sp³-hybridized carbons (Fsp3) is 0.262. The average molecular weight is 595 g/mol. The molecule has 4 aromatic rings. The van der Waals surface area contributed by atoms with E-state index in [-0.39, 0.29) is 28.6 Å². The van der Waals surface area contributed by atoms with Crippen LogP contribution in [0, 0.1) is 0 Å². The highest BCUT2D eigenvalue weighted by molar-refractivity contribution is 6.09. The van der Waals surface area contributed by atoms with Crippen LogP contribution in [0.4, 0.5) is 0 Å². The highest BCUT2D eigenvalue weighted by Gasteiger charge is 2.45. The van der Waals surface area contributed by atoms with Gasteiger partial charge in [-0.2, -0.15) is 0 Å². The molecule has 0 fully saturated rings. The smallest absolute Gasteiger partial charge is 0.193 e. The average Bonchev–Trinajstić information content (AvgIpc) is 3.01. The summed E-state index contributed by atoms with van der Waals surface area (Å²) in [5.74, 6) is 2.28. The molecule has 2 atom stereocenters. The van der Waals surface area contributed by atoms with Gasteiger partial charge in [0.1, 0.15) is 22.8 Å². The number of ether oxygens (including phenoxy) is 2. The first-order valence-electron chi connectivity index (χ1n) is 15.8. The number of benzene rings is 4. The van der Waals surface area contributed by atoms with E-state index in [1.54, 1.807) is 0 Å². The van der Waals surface area contributed by atoms with Crippen molar-refractivity contribution in [1.82, 2.24) is 0 Å². The fourth-order valence-corrected chi connectivity index (χ4v) is 6.72. The Morgan fingerprint density at radius 2 is 1.24 bits per heavy atom. The Morgan fingerprint density at radius 1 is 0.711 bits per heavy atom. The minimum absolute atomic E-state index is 0.00373. The van der Waals surface area contributed by atoms with Crippen molar-refractivity contribution in [2.24, 2.45) is 0 Å².